The molecule has 0 bridgehead atoms. The Hall–Kier alpha value is -1.06. The minimum absolute atomic E-state index is 0.773. The van der Waals surface area contributed by atoms with Gasteiger partial charge in [-0.15, -0.1) is 0 Å². The number of fused-ring (bicyclic) bond motifs is 1. The molecule has 1 aliphatic rings. The minimum atomic E-state index is 0.773. The lowest BCUT2D eigenvalue weighted by Gasteiger charge is -2.13. The molecule has 88 valence electrons. The Bertz CT molecular complexity index is 352. The first-order valence-corrected chi connectivity index (χ1v) is 5.84. The fourth-order valence-electron chi connectivity index (χ4n) is 2.23. The molecule has 0 atom stereocenters. The number of ether oxygens (including phenoxy) is 1. The third-order valence-corrected chi connectivity index (χ3v) is 3.16. The lowest BCUT2D eigenvalue weighted by atomic mass is 10.1. The second kappa shape index (κ2) is 5.32. The Kier molecular flexibility index (Phi) is 3.80. The van der Waals surface area contributed by atoms with Crippen molar-refractivity contribution in [2.24, 2.45) is 0 Å². The van der Waals surface area contributed by atoms with Crippen LogP contribution in [0, 0.1) is 0 Å². The molecule has 0 saturated carbocycles. The summed E-state index contributed by atoms with van der Waals surface area (Å²) in [6.07, 6.45) is 1.17. The number of benzene rings is 1. The summed E-state index contributed by atoms with van der Waals surface area (Å²) < 4.78 is 5.02. The number of hydrogen-bond acceptors (Lipinski definition) is 3. The summed E-state index contributed by atoms with van der Waals surface area (Å²) in [6, 6.07) is 6.58. The maximum atomic E-state index is 5.02. The van der Waals surface area contributed by atoms with E-state index in [1.54, 1.807) is 7.11 Å². The maximum Gasteiger partial charge on any atom is 0.0587 e. The van der Waals surface area contributed by atoms with E-state index < -0.39 is 0 Å². The van der Waals surface area contributed by atoms with E-state index in [1.807, 2.05) is 0 Å². The van der Waals surface area contributed by atoms with Crippen molar-refractivity contribution < 1.29 is 4.74 Å². The summed E-state index contributed by atoms with van der Waals surface area (Å²) in [5.41, 5.74) is 4.33. The first kappa shape index (κ1) is 11.4. The van der Waals surface area contributed by atoms with E-state index in [9.17, 15) is 0 Å². The maximum absolute atomic E-state index is 5.02. The zero-order valence-electron chi connectivity index (χ0n) is 10.1. The van der Waals surface area contributed by atoms with Crippen LogP contribution in [0.2, 0.25) is 0 Å². The molecule has 1 aromatic carbocycles. The highest BCUT2D eigenvalue weighted by Crippen LogP contribution is 2.29. The summed E-state index contributed by atoms with van der Waals surface area (Å²) in [5.74, 6) is 0. The van der Waals surface area contributed by atoms with Crippen LogP contribution in [0.3, 0.4) is 0 Å². The monoisotopic (exact) mass is 220 g/mol. The Balaban J connectivity index is 2.00. The van der Waals surface area contributed by atoms with E-state index in [0.717, 1.165) is 26.2 Å². The quantitative estimate of drug-likeness (QED) is 0.759. The van der Waals surface area contributed by atoms with E-state index in [4.69, 9.17) is 4.74 Å². The first-order chi connectivity index (χ1) is 7.83. The van der Waals surface area contributed by atoms with E-state index >= 15 is 0 Å². The number of hydrogen-bond donors (Lipinski definition) is 1. The molecular formula is C13H20N2O. The molecule has 0 unspecified atom stereocenters. The van der Waals surface area contributed by atoms with Gasteiger partial charge in [-0.1, -0.05) is 12.1 Å². The average molecular weight is 220 g/mol. The van der Waals surface area contributed by atoms with Crippen LogP contribution in [0.25, 0.3) is 0 Å². The van der Waals surface area contributed by atoms with Gasteiger partial charge < -0.3 is 15.0 Å². The Morgan fingerprint density at radius 1 is 1.44 bits per heavy atom. The largest absolute Gasteiger partial charge is 0.383 e. The van der Waals surface area contributed by atoms with Gasteiger partial charge in [-0.3, -0.25) is 0 Å². The lowest BCUT2D eigenvalue weighted by Crippen LogP contribution is -2.19. The van der Waals surface area contributed by atoms with Crippen LogP contribution in [-0.4, -0.2) is 33.9 Å². The van der Waals surface area contributed by atoms with Crippen molar-refractivity contribution in [2.45, 2.75) is 13.0 Å². The molecule has 2 rings (SSSR count). The number of nitrogens with zero attached hydrogens (tertiary/aromatic N) is 1. The van der Waals surface area contributed by atoms with Crippen LogP contribution >= 0.6 is 0 Å². The van der Waals surface area contributed by atoms with E-state index in [-0.39, 0.29) is 0 Å². The molecule has 0 saturated heterocycles. The lowest BCUT2D eigenvalue weighted by molar-refractivity contribution is 0.199. The number of rotatable bonds is 5. The zero-order chi connectivity index (χ0) is 11.4. The first-order valence-electron chi connectivity index (χ1n) is 5.84. The molecule has 3 nitrogen and oxygen atoms in total. The van der Waals surface area contributed by atoms with Crippen LogP contribution in [0.15, 0.2) is 18.2 Å². The van der Waals surface area contributed by atoms with Gasteiger partial charge in [0.1, 0.15) is 0 Å². The molecule has 1 N–H and O–H groups in total. The third-order valence-electron chi connectivity index (χ3n) is 3.16. The molecular weight excluding hydrogens is 200 g/mol. The predicted molar refractivity (Wildman–Crippen MR) is 67.0 cm³/mol. The Labute approximate surface area is 97.4 Å². The normalized spacial score (nSPS) is 14.2. The molecule has 0 radical (unpaired) electrons. The fraction of sp³-hybridized carbons (Fsp3) is 0.538. The van der Waals surface area contributed by atoms with Crippen LogP contribution < -0.4 is 10.2 Å². The second-order valence-corrected chi connectivity index (χ2v) is 4.26. The molecule has 16 heavy (non-hydrogen) atoms. The molecule has 1 heterocycles. The molecule has 0 amide bonds. The van der Waals surface area contributed by atoms with E-state index in [1.165, 1.54) is 23.2 Å². The van der Waals surface area contributed by atoms with Gasteiger partial charge in [0, 0.05) is 39.5 Å². The molecule has 0 fully saturated rings. The van der Waals surface area contributed by atoms with Gasteiger partial charge in [0.15, 0.2) is 0 Å². The van der Waals surface area contributed by atoms with Crippen molar-refractivity contribution >= 4 is 5.69 Å². The van der Waals surface area contributed by atoms with Crippen molar-refractivity contribution in [1.29, 1.82) is 0 Å². The van der Waals surface area contributed by atoms with Gasteiger partial charge in [-0.05, 0) is 23.6 Å². The average Bonchev–Trinajstić information content (AvgIpc) is 2.68. The molecule has 3 heteroatoms. The van der Waals surface area contributed by atoms with E-state index in [0.29, 0.717) is 0 Å². The van der Waals surface area contributed by atoms with Crippen LogP contribution in [-0.2, 0) is 17.7 Å². The van der Waals surface area contributed by atoms with Gasteiger partial charge in [0.2, 0.25) is 0 Å². The minimum Gasteiger partial charge on any atom is -0.383 e. The van der Waals surface area contributed by atoms with E-state index in [2.05, 4.69) is 35.5 Å². The summed E-state index contributed by atoms with van der Waals surface area (Å²) in [4.78, 5) is 2.33. The van der Waals surface area contributed by atoms with Gasteiger partial charge in [0.25, 0.3) is 0 Å². The molecule has 0 spiro atoms. The summed E-state index contributed by atoms with van der Waals surface area (Å²) in [6.45, 7) is 3.77. The molecule has 1 aliphatic heterocycles. The summed E-state index contributed by atoms with van der Waals surface area (Å²) in [7, 11) is 3.89. The predicted octanol–water partition coefficient (Wildman–Crippen LogP) is 1.41. The highest BCUT2D eigenvalue weighted by Gasteiger charge is 2.17. The summed E-state index contributed by atoms with van der Waals surface area (Å²) >= 11 is 0. The highest BCUT2D eigenvalue weighted by atomic mass is 16.5. The van der Waals surface area contributed by atoms with Gasteiger partial charge >= 0.3 is 0 Å². The number of anilines is 1. The van der Waals surface area contributed by atoms with Crippen LogP contribution in [0.1, 0.15) is 11.1 Å². The van der Waals surface area contributed by atoms with Gasteiger partial charge in [0.05, 0.1) is 6.61 Å². The second-order valence-electron chi connectivity index (χ2n) is 4.26. The number of nitrogens with one attached hydrogen (secondary N) is 1. The fourth-order valence-corrected chi connectivity index (χ4v) is 2.23. The van der Waals surface area contributed by atoms with Crippen LogP contribution in [0.4, 0.5) is 5.69 Å². The highest BCUT2D eigenvalue weighted by molar-refractivity contribution is 5.60. The van der Waals surface area contributed by atoms with Crippen LogP contribution in [0.5, 0.6) is 0 Å². The standard InChI is InChI=1S/C13H20N2O/c1-15-8-6-12-11(4-3-5-13(12)15)10-14-7-9-16-2/h3-5,14H,6-10H2,1-2H3. The van der Waals surface area contributed by atoms with Crippen molar-refractivity contribution in [3.05, 3.63) is 29.3 Å². The van der Waals surface area contributed by atoms with Crippen molar-refractivity contribution in [1.82, 2.24) is 5.32 Å². The van der Waals surface area contributed by atoms with Gasteiger partial charge in [-0.25, -0.2) is 0 Å². The van der Waals surface area contributed by atoms with Crippen molar-refractivity contribution in [3.63, 3.8) is 0 Å². The van der Waals surface area contributed by atoms with Crippen molar-refractivity contribution in [3.8, 4) is 0 Å². The Morgan fingerprint density at radius 3 is 3.12 bits per heavy atom. The smallest absolute Gasteiger partial charge is 0.0587 e. The molecule has 1 aromatic rings. The molecule has 0 aromatic heterocycles. The SMILES string of the molecule is COCCNCc1cccc2c1CCN2C. The topological polar surface area (TPSA) is 24.5 Å². The Morgan fingerprint density at radius 2 is 2.31 bits per heavy atom. The van der Waals surface area contributed by atoms with Gasteiger partial charge in [-0.2, -0.15) is 0 Å². The number of methoxy groups -OCH3 is 1. The number of likely N-dealkylation sites (N-methyl/N-ethyl adjacent to an activating group) is 1. The third kappa shape index (κ3) is 2.36. The molecule has 0 aliphatic carbocycles. The van der Waals surface area contributed by atoms with Crippen molar-refractivity contribution in [2.75, 3.05) is 38.8 Å². The zero-order valence-corrected chi connectivity index (χ0v) is 10.1. The summed E-state index contributed by atoms with van der Waals surface area (Å²) in [5, 5.41) is 3.40.